The topological polar surface area (TPSA) is 29.9 Å². The fraction of sp³-hybridized carbons (Fsp3) is 0.182. The van der Waals surface area contributed by atoms with Crippen molar-refractivity contribution in [2.75, 3.05) is 12.4 Å². The summed E-state index contributed by atoms with van der Waals surface area (Å²) in [5.74, 6) is 0.847. The second kappa shape index (κ2) is 4.06. The smallest absolute Gasteiger partial charge is 0.207 e. The van der Waals surface area contributed by atoms with Crippen LogP contribution in [0.1, 0.15) is 5.69 Å². The van der Waals surface area contributed by atoms with Gasteiger partial charge in [-0.15, -0.1) is 0 Å². The first kappa shape index (κ1) is 10.2. The van der Waals surface area contributed by atoms with Crippen molar-refractivity contribution in [1.29, 1.82) is 0 Å². The third-order valence-corrected chi connectivity index (χ3v) is 2.83. The van der Waals surface area contributed by atoms with Gasteiger partial charge in [-0.3, -0.25) is 4.57 Å². The molecule has 0 spiro atoms. The van der Waals surface area contributed by atoms with Gasteiger partial charge in [0.1, 0.15) is 0 Å². The van der Waals surface area contributed by atoms with Crippen molar-refractivity contribution in [3.05, 3.63) is 40.6 Å². The molecule has 0 aliphatic carbocycles. The molecule has 0 unspecified atom stereocenters. The van der Waals surface area contributed by atoms with Crippen molar-refractivity contribution in [3.63, 3.8) is 0 Å². The van der Waals surface area contributed by atoms with Gasteiger partial charge in [0, 0.05) is 17.7 Å². The Bertz CT molecular complexity index is 476. The average molecular weight is 266 g/mol. The van der Waals surface area contributed by atoms with E-state index in [2.05, 4.69) is 26.2 Å². The Morgan fingerprint density at radius 2 is 2.07 bits per heavy atom. The minimum Gasteiger partial charge on any atom is -0.358 e. The molecule has 0 amide bonds. The van der Waals surface area contributed by atoms with Gasteiger partial charge in [0.05, 0.1) is 11.4 Å². The summed E-state index contributed by atoms with van der Waals surface area (Å²) in [6.07, 6.45) is 2.01. The van der Waals surface area contributed by atoms with Gasteiger partial charge in [-0.2, -0.15) is 0 Å². The SMILES string of the molecule is CNc1nc(C)cn1-c1ccccc1Br. The highest BCUT2D eigenvalue weighted by Gasteiger charge is 2.07. The van der Waals surface area contributed by atoms with Crippen LogP contribution in [0.3, 0.4) is 0 Å². The molecule has 0 atom stereocenters. The lowest BCUT2D eigenvalue weighted by Crippen LogP contribution is -2.00. The molecule has 78 valence electrons. The number of hydrogen-bond donors (Lipinski definition) is 1. The third-order valence-electron chi connectivity index (χ3n) is 2.16. The van der Waals surface area contributed by atoms with E-state index in [0.717, 1.165) is 21.8 Å². The van der Waals surface area contributed by atoms with Crippen LogP contribution < -0.4 is 5.32 Å². The fourth-order valence-corrected chi connectivity index (χ4v) is 1.98. The second-order valence-corrected chi connectivity index (χ2v) is 4.13. The molecule has 2 aromatic rings. The summed E-state index contributed by atoms with van der Waals surface area (Å²) < 4.78 is 3.08. The molecular weight excluding hydrogens is 254 g/mol. The number of nitrogens with zero attached hydrogens (tertiary/aromatic N) is 2. The molecule has 0 aliphatic rings. The Hall–Kier alpha value is -1.29. The number of nitrogens with one attached hydrogen (secondary N) is 1. The van der Waals surface area contributed by atoms with Gasteiger partial charge < -0.3 is 5.32 Å². The van der Waals surface area contributed by atoms with Crippen molar-refractivity contribution in [2.45, 2.75) is 6.92 Å². The quantitative estimate of drug-likeness (QED) is 0.905. The standard InChI is InChI=1S/C11H12BrN3/c1-8-7-15(11(13-2)14-8)10-6-4-3-5-9(10)12/h3-7H,1-2H3,(H,13,14). The molecule has 0 saturated carbocycles. The molecule has 1 heterocycles. The Kier molecular flexibility index (Phi) is 2.77. The number of halogens is 1. The lowest BCUT2D eigenvalue weighted by molar-refractivity contribution is 1.05. The van der Waals surface area contributed by atoms with Crippen LogP contribution >= 0.6 is 15.9 Å². The summed E-state index contributed by atoms with van der Waals surface area (Å²) in [5, 5.41) is 3.07. The summed E-state index contributed by atoms with van der Waals surface area (Å²) in [7, 11) is 1.87. The lowest BCUT2D eigenvalue weighted by atomic mass is 10.3. The van der Waals surface area contributed by atoms with E-state index in [1.165, 1.54) is 0 Å². The summed E-state index contributed by atoms with van der Waals surface area (Å²) >= 11 is 3.53. The summed E-state index contributed by atoms with van der Waals surface area (Å²) in [6.45, 7) is 1.98. The van der Waals surface area contributed by atoms with Crippen molar-refractivity contribution in [2.24, 2.45) is 0 Å². The number of imidazole rings is 1. The summed E-state index contributed by atoms with van der Waals surface area (Å²) in [6, 6.07) is 8.07. The highest BCUT2D eigenvalue weighted by molar-refractivity contribution is 9.10. The Balaban J connectivity index is 2.58. The van der Waals surface area contributed by atoms with E-state index in [-0.39, 0.29) is 0 Å². The van der Waals surface area contributed by atoms with E-state index in [1.54, 1.807) is 0 Å². The van der Waals surface area contributed by atoms with Crippen molar-refractivity contribution < 1.29 is 0 Å². The minimum atomic E-state index is 0.847. The normalized spacial score (nSPS) is 10.3. The maximum atomic E-state index is 4.38. The molecule has 0 bridgehead atoms. The van der Waals surface area contributed by atoms with Crippen LogP contribution in [0.4, 0.5) is 5.95 Å². The average Bonchev–Trinajstić information content (AvgIpc) is 2.60. The number of aryl methyl sites for hydroxylation is 1. The zero-order chi connectivity index (χ0) is 10.8. The monoisotopic (exact) mass is 265 g/mol. The molecule has 0 aliphatic heterocycles. The highest BCUT2D eigenvalue weighted by atomic mass is 79.9. The maximum absolute atomic E-state index is 4.38. The van der Waals surface area contributed by atoms with E-state index < -0.39 is 0 Å². The molecule has 4 heteroatoms. The van der Waals surface area contributed by atoms with Crippen molar-refractivity contribution in [1.82, 2.24) is 9.55 Å². The molecule has 1 N–H and O–H groups in total. The van der Waals surface area contributed by atoms with Crippen molar-refractivity contribution in [3.8, 4) is 5.69 Å². The Morgan fingerprint density at radius 3 is 2.73 bits per heavy atom. The predicted molar refractivity (Wildman–Crippen MR) is 65.5 cm³/mol. The van der Waals surface area contributed by atoms with Gasteiger partial charge in [0.15, 0.2) is 0 Å². The zero-order valence-corrected chi connectivity index (χ0v) is 10.2. The molecule has 0 saturated heterocycles. The summed E-state index contributed by atoms with van der Waals surface area (Å²) in [5.41, 5.74) is 2.08. The first-order valence-corrected chi connectivity index (χ1v) is 5.50. The van der Waals surface area contributed by atoms with Crippen LogP contribution in [0, 0.1) is 6.92 Å². The minimum absolute atomic E-state index is 0.847. The number of rotatable bonds is 2. The van der Waals surface area contributed by atoms with Gasteiger partial charge in [-0.1, -0.05) is 12.1 Å². The van der Waals surface area contributed by atoms with Gasteiger partial charge >= 0.3 is 0 Å². The van der Waals surface area contributed by atoms with Crippen LogP contribution in [-0.4, -0.2) is 16.6 Å². The van der Waals surface area contributed by atoms with E-state index in [0.29, 0.717) is 0 Å². The third kappa shape index (κ3) is 1.90. The Morgan fingerprint density at radius 1 is 1.33 bits per heavy atom. The van der Waals surface area contributed by atoms with Crippen LogP contribution in [0.15, 0.2) is 34.9 Å². The largest absolute Gasteiger partial charge is 0.358 e. The molecule has 0 radical (unpaired) electrons. The zero-order valence-electron chi connectivity index (χ0n) is 8.66. The number of anilines is 1. The van der Waals surface area contributed by atoms with Gasteiger partial charge in [-0.25, -0.2) is 4.98 Å². The highest BCUT2D eigenvalue weighted by Crippen LogP contribution is 2.23. The summed E-state index contributed by atoms with van der Waals surface area (Å²) in [4.78, 5) is 4.38. The van der Waals surface area contributed by atoms with E-state index >= 15 is 0 Å². The van der Waals surface area contributed by atoms with Crippen molar-refractivity contribution >= 4 is 21.9 Å². The number of aromatic nitrogens is 2. The first-order chi connectivity index (χ1) is 7.22. The molecule has 0 fully saturated rings. The van der Waals surface area contributed by atoms with Crippen LogP contribution in [0.5, 0.6) is 0 Å². The van der Waals surface area contributed by atoms with Crippen LogP contribution in [0.25, 0.3) is 5.69 Å². The van der Waals surface area contributed by atoms with Crippen LogP contribution in [0.2, 0.25) is 0 Å². The van der Waals surface area contributed by atoms with Gasteiger partial charge in [-0.05, 0) is 35.0 Å². The van der Waals surface area contributed by atoms with E-state index in [4.69, 9.17) is 0 Å². The number of para-hydroxylation sites is 1. The predicted octanol–water partition coefficient (Wildman–Crippen LogP) is 2.98. The lowest BCUT2D eigenvalue weighted by Gasteiger charge is -2.08. The molecule has 1 aromatic carbocycles. The van der Waals surface area contributed by atoms with E-state index in [9.17, 15) is 0 Å². The first-order valence-electron chi connectivity index (χ1n) is 4.71. The number of benzene rings is 1. The van der Waals surface area contributed by atoms with Gasteiger partial charge in [0.2, 0.25) is 5.95 Å². The maximum Gasteiger partial charge on any atom is 0.207 e. The van der Waals surface area contributed by atoms with Gasteiger partial charge in [0.25, 0.3) is 0 Å². The van der Waals surface area contributed by atoms with Crippen LogP contribution in [-0.2, 0) is 0 Å². The molecule has 3 nitrogen and oxygen atoms in total. The molecular formula is C11H12BrN3. The molecule has 1 aromatic heterocycles. The molecule has 15 heavy (non-hydrogen) atoms. The Labute approximate surface area is 97.3 Å². The second-order valence-electron chi connectivity index (χ2n) is 3.28. The fourth-order valence-electron chi connectivity index (χ4n) is 1.50. The van der Waals surface area contributed by atoms with E-state index in [1.807, 2.05) is 49.0 Å². The number of hydrogen-bond acceptors (Lipinski definition) is 2. The molecule has 2 rings (SSSR count).